The summed E-state index contributed by atoms with van der Waals surface area (Å²) in [6.45, 7) is 3.98. The van der Waals surface area contributed by atoms with Crippen LogP contribution in [0.4, 0.5) is 0 Å². The standard InChI is InChI=1S/C12H24N2O2/c1-10(8-11-4-5-11)14-9-12(15)13-6-3-7-16-2/h10-11,14H,3-9H2,1-2H3,(H,13,15). The molecular formula is C12H24N2O2. The Hall–Kier alpha value is -0.610. The van der Waals surface area contributed by atoms with E-state index in [4.69, 9.17) is 4.74 Å². The van der Waals surface area contributed by atoms with Crippen LogP contribution in [0.3, 0.4) is 0 Å². The van der Waals surface area contributed by atoms with Crippen molar-refractivity contribution in [2.75, 3.05) is 26.8 Å². The fourth-order valence-corrected chi connectivity index (χ4v) is 1.71. The average molecular weight is 228 g/mol. The Bertz CT molecular complexity index is 205. The first-order valence-electron chi connectivity index (χ1n) is 6.21. The second kappa shape index (κ2) is 7.63. The van der Waals surface area contributed by atoms with E-state index in [1.54, 1.807) is 7.11 Å². The lowest BCUT2D eigenvalue weighted by Crippen LogP contribution is -2.38. The highest BCUT2D eigenvalue weighted by Crippen LogP contribution is 2.33. The molecule has 0 heterocycles. The largest absolute Gasteiger partial charge is 0.385 e. The van der Waals surface area contributed by atoms with Crippen LogP contribution < -0.4 is 10.6 Å². The van der Waals surface area contributed by atoms with E-state index in [1.165, 1.54) is 19.3 Å². The molecule has 0 saturated heterocycles. The maximum Gasteiger partial charge on any atom is 0.233 e. The number of hydrogen-bond acceptors (Lipinski definition) is 3. The summed E-state index contributed by atoms with van der Waals surface area (Å²) in [5, 5.41) is 6.11. The van der Waals surface area contributed by atoms with Gasteiger partial charge in [-0.05, 0) is 25.7 Å². The minimum absolute atomic E-state index is 0.0822. The predicted molar refractivity (Wildman–Crippen MR) is 64.3 cm³/mol. The highest BCUT2D eigenvalue weighted by Gasteiger charge is 2.23. The third-order valence-electron chi connectivity index (χ3n) is 2.84. The maximum atomic E-state index is 11.4. The van der Waals surface area contributed by atoms with E-state index >= 15 is 0 Å². The minimum atomic E-state index is 0.0822. The Balaban J connectivity index is 1.91. The topological polar surface area (TPSA) is 50.4 Å². The Morgan fingerprint density at radius 1 is 1.50 bits per heavy atom. The number of carbonyl (C=O) groups is 1. The predicted octanol–water partition coefficient (Wildman–Crippen LogP) is 0.917. The summed E-state index contributed by atoms with van der Waals surface area (Å²) in [6, 6.07) is 0.456. The van der Waals surface area contributed by atoms with Gasteiger partial charge in [-0.15, -0.1) is 0 Å². The van der Waals surface area contributed by atoms with Crippen LogP contribution >= 0.6 is 0 Å². The van der Waals surface area contributed by atoms with Gasteiger partial charge in [0.2, 0.25) is 5.91 Å². The summed E-state index contributed by atoms with van der Waals surface area (Å²) in [5.41, 5.74) is 0. The zero-order valence-electron chi connectivity index (χ0n) is 10.4. The zero-order valence-corrected chi connectivity index (χ0v) is 10.4. The summed E-state index contributed by atoms with van der Waals surface area (Å²) in [6.07, 6.45) is 4.82. The van der Waals surface area contributed by atoms with Gasteiger partial charge in [0.25, 0.3) is 0 Å². The molecule has 1 amide bonds. The molecule has 0 bridgehead atoms. The van der Waals surface area contributed by atoms with E-state index in [0.29, 0.717) is 25.7 Å². The highest BCUT2D eigenvalue weighted by molar-refractivity contribution is 5.77. The summed E-state index contributed by atoms with van der Waals surface area (Å²) in [4.78, 5) is 11.4. The number of ether oxygens (including phenoxy) is 1. The van der Waals surface area contributed by atoms with Crippen molar-refractivity contribution in [3.63, 3.8) is 0 Å². The van der Waals surface area contributed by atoms with Gasteiger partial charge in [-0.3, -0.25) is 4.79 Å². The van der Waals surface area contributed by atoms with Crippen molar-refractivity contribution in [3.8, 4) is 0 Å². The first kappa shape index (κ1) is 13.5. The lowest BCUT2D eigenvalue weighted by Gasteiger charge is -2.13. The lowest BCUT2D eigenvalue weighted by atomic mass is 10.1. The van der Waals surface area contributed by atoms with Gasteiger partial charge >= 0.3 is 0 Å². The fraction of sp³-hybridized carbons (Fsp3) is 0.917. The van der Waals surface area contributed by atoms with Crippen molar-refractivity contribution in [1.82, 2.24) is 10.6 Å². The molecule has 1 aliphatic rings. The van der Waals surface area contributed by atoms with Crippen LogP contribution in [0.15, 0.2) is 0 Å². The average Bonchev–Trinajstić information content (AvgIpc) is 3.05. The van der Waals surface area contributed by atoms with Gasteiger partial charge in [-0.2, -0.15) is 0 Å². The van der Waals surface area contributed by atoms with Gasteiger partial charge in [0.1, 0.15) is 0 Å². The first-order valence-corrected chi connectivity index (χ1v) is 6.21. The number of methoxy groups -OCH3 is 1. The Morgan fingerprint density at radius 3 is 2.88 bits per heavy atom. The lowest BCUT2D eigenvalue weighted by molar-refractivity contribution is -0.120. The van der Waals surface area contributed by atoms with E-state index in [0.717, 1.165) is 12.3 Å². The molecule has 1 unspecified atom stereocenters. The van der Waals surface area contributed by atoms with Crippen LogP contribution in [0, 0.1) is 5.92 Å². The van der Waals surface area contributed by atoms with Crippen LogP contribution in [-0.2, 0) is 9.53 Å². The second-order valence-electron chi connectivity index (χ2n) is 4.66. The minimum Gasteiger partial charge on any atom is -0.385 e. The molecule has 2 N–H and O–H groups in total. The van der Waals surface area contributed by atoms with Crippen molar-refractivity contribution in [2.24, 2.45) is 5.92 Å². The van der Waals surface area contributed by atoms with Gasteiger partial charge < -0.3 is 15.4 Å². The van der Waals surface area contributed by atoms with Crippen LogP contribution in [0.1, 0.15) is 32.6 Å². The zero-order chi connectivity index (χ0) is 11.8. The number of carbonyl (C=O) groups excluding carboxylic acids is 1. The van der Waals surface area contributed by atoms with Gasteiger partial charge in [0, 0.05) is 26.3 Å². The van der Waals surface area contributed by atoms with E-state index in [2.05, 4.69) is 17.6 Å². The number of nitrogens with one attached hydrogen (secondary N) is 2. The molecule has 94 valence electrons. The molecular weight excluding hydrogens is 204 g/mol. The number of amides is 1. The Morgan fingerprint density at radius 2 is 2.25 bits per heavy atom. The third-order valence-corrected chi connectivity index (χ3v) is 2.84. The van der Waals surface area contributed by atoms with Crippen molar-refractivity contribution in [2.45, 2.75) is 38.6 Å². The van der Waals surface area contributed by atoms with E-state index < -0.39 is 0 Å². The Labute approximate surface area is 98.1 Å². The van der Waals surface area contributed by atoms with E-state index in [9.17, 15) is 4.79 Å². The second-order valence-corrected chi connectivity index (χ2v) is 4.66. The quantitative estimate of drug-likeness (QED) is 0.577. The van der Waals surface area contributed by atoms with Crippen LogP contribution in [0.25, 0.3) is 0 Å². The molecule has 1 fully saturated rings. The van der Waals surface area contributed by atoms with Crippen molar-refractivity contribution < 1.29 is 9.53 Å². The number of hydrogen-bond donors (Lipinski definition) is 2. The van der Waals surface area contributed by atoms with Crippen LogP contribution in [0.5, 0.6) is 0 Å². The van der Waals surface area contributed by atoms with Gasteiger partial charge in [0.05, 0.1) is 6.54 Å². The SMILES string of the molecule is COCCCNC(=O)CNC(C)CC1CC1. The highest BCUT2D eigenvalue weighted by atomic mass is 16.5. The molecule has 0 aliphatic heterocycles. The van der Waals surface area contributed by atoms with Crippen LogP contribution in [0.2, 0.25) is 0 Å². The summed E-state index contributed by atoms with van der Waals surface area (Å²) in [5.74, 6) is 0.992. The van der Waals surface area contributed by atoms with Gasteiger partial charge in [-0.25, -0.2) is 0 Å². The molecule has 1 saturated carbocycles. The molecule has 1 aliphatic carbocycles. The molecule has 0 aromatic rings. The monoisotopic (exact) mass is 228 g/mol. The molecule has 0 radical (unpaired) electrons. The fourth-order valence-electron chi connectivity index (χ4n) is 1.71. The molecule has 0 aromatic carbocycles. The molecule has 0 spiro atoms. The van der Waals surface area contributed by atoms with Crippen molar-refractivity contribution in [1.29, 1.82) is 0 Å². The Kier molecular flexibility index (Phi) is 6.42. The van der Waals surface area contributed by atoms with Crippen molar-refractivity contribution in [3.05, 3.63) is 0 Å². The van der Waals surface area contributed by atoms with Gasteiger partial charge in [-0.1, -0.05) is 12.8 Å². The normalized spacial score (nSPS) is 17.1. The maximum absolute atomic E-state index is 11.4. The van der Waals surface area contributed by atoms with Crippen LogP contribution in [-0.4, -0.2) is 38.8 Å². The summed E-state index contributed by atoms with van der Waals surface area (Å²) < 4.78 is 4.91. The number of rotatable bonds is 9. The third kappa shape index (κ3) is 6.80. The summed E-state index contributed by atoms with van der Waals surface area (Å²) >= 11 is 0. The molecule has 4 heteroatoms. The molecule has 1 atom stereocenters. The molecule has 16 heavy (non-hydrogen) atoms. The van der Waals surface area contributed by atoms with Crippen molar-refractivity contribution >= 4 is 5.91 Å². The first-order chi connectivity index (χ1) is 7.72. The van der Waals surface area contributed by atoms with E-state index in [-0.39, 0.29) is 5.91 Å². The van der Waals surface area contributed by atoms with E-state index in [1.807, 2.05) is 0 Å². The van der Waals surface area contributed by atoms with Gasteiger partial charge in [0.15, 0.2) is 0 Å². The smallest absolute Gasteiger partial charge is 0.233 e. The molecule has 0 aromatic heterocycles. The molecule has 4 nitrogen and oxygen atoms in total. The molecule has 1 rings (SSSR count). The summed E-state index contributed by atoms with van der Waals surface area (Å²) in [7, 11) is 1.67.